The van der Waals surface area contributed by atoms with Gasteiger partial charge in [0.2, 0.25) is 0 Å². The fourth-order valence-electron chi connectivity index (χ4n) is 3.45. The van der Waals surface area contributed by atoms with Crippen LogP contribution in [0.2, 0.25) is 0 Å². The fraction of sp³-hybridized carbons (Fsp3) is 0.250. The Balaban J connectivity index is 0.00000256. The second-order valence-corrected chi connectivity index (χ2v) is 7.71. The molecule has 9 nitrogen and oxygen atoms in total. The van der Waals surface area contributed by atoms with Crippen LogP contribution in [-0.4, -0.2) is 23.1 Å². The number of ketones is 1. The molecular weight excluding hydrogens is 461 g/mol. The minimum absolute atomic E-state index is 0. The number of carbonyl (C=O) groups excluding carboxylic acids is 1. The number of aryl methyl sites for hydroxylation is 2. The summed E-state index contributed by atoms with van der Waals surface area (Å²) in [6.07, 6.45) is 0. The molecule has 0 aliphatic heterocycles. The smallest absolute Gasteiger partial charge is 0.780 e. The Labute approximate surface area is 228 Å². The van der Waals surface area contributed by atoms with E-state index >= 15 is 0 Å². The molecule has 0 unspecified atom stereocenters. The molecule has 0 radical (unpaired) electrons. The summed E-state index contributed by atoms with van der Waals surface area (Å²) in [6.45, 7) is 2.30. The van der Waals surface area contributed by atoms with Gasteiger partial charge in [-0.15, -0.1) is 0 Å². The van der Waals surface area contributed by atoms with Crippen LogP contribution in [0.4, 0.5) is 0 Å². The zero-order valence-electron chi connectivity index (χ0n) is 18.4. The van der Waals surface area contributed by atoms with Crippen LogP contribution in [0.25, 0.3) is 11.0 Å². The molecule has 0 spiro atoms. The van der Waals surface area contributed by atoms with Crippen LogP contribution in [0.5, 0.6) is 11.5 Å². The molecule has 0 bridgehead atoms. The summed E-state index contributed by atoms with van der Waals surface area (Å²) in [6, 6.07) is 5.91. The van der Waals surface area contributed by atoms with Crippen LogP contribution >= 0.6 is 7.82 Å². The molecule has 3 aromatic rings. The topological polar surface area (TPSA) is 152 Å². The van der Waals surface area contributed by atoms with E-state index in [1.807, 2.05) is 0 Å². The summed E-state index contributed by atoms with van der Waals surface area (Å²) in [5.74, 6) is -0.261. The molecule has 32 heavy (non-hydrogen) atoms. The molecule has 3 rings (SSSR count). The predicted octanol–water partition coefficient (Wildman–Crippen LogP) is -4.51. The Morgan fingerprint density at radius 2 is 1.69 bits per heavy atom. The number of ether oxygens (including phenoxy) is 1. The molecule has 2 aromatic carbocycles. The van der Waals surface area contributed by atoms with E-state index in [1.54, 1.807) is 13.0 Å². The van der Waals surface area contributed by atoms with Crippen LogP contribution in [0, 0.1) is 13.8 Å². The monoisotopic (exact) mass is 480 g/mol. The SMILES string of the molecule is COc1c(C)cc(C(=O)c2c(C)oc3c(OP(=O)([O-])[O-])c(CO)ccc23)cc1CO.[Na+].[Na+]. The van der Waals surface area contributed by atoms with Gasteiger partial charge in [-0.05, 0) is 37.6 Å². The molecule has 160 valence electrons. The van der Waals surface area contributed by atoms with E-state index in [0.29, 0.717) is 16.9 Å². The quantitative estimate of drug-likeness (QED) is 0.194. The average molecular weight is 480 g/mol. The fourth-order valence-corrected chi connectivity index (χ4v) is 3.87. The Morgan fingerprint density at radius 3 is 2.22 bits per heavy atom. The van der Waals surface area contributed by atoms with Crippen molar-refractivity contribution in [1.82, 2.24) is 0 Å². The van der Waals surface area contributed by atoms with Crippen LogP contribution in [0.1, 0.15) is 38.4 Å². The number of phosphoric ester groups is 1. The molecule has 0 fully saturated rings. The molecule has 0 saturated carbocycles. The standard InChI is InChI=1S/C20H21O9P.2Na/c1-10-6-13(7-14(9-22)18(10)27-3)17(23)16-11(2)28-20-15(16)5-4-12(8-21)19(20)29-30(24,25)26;;/h4-7,21-22H,8-9H2,1-3H3,(H2,24,25,26);;/q;2*+1/p-2. The van der Waals surface area contributed by atoms with Crippen LogP contribution in [-0.2, 0) is 17.8 Å². The largest absolute Gasteiger partial charge is 1.00 e. The second kappa shape index (κ2) is 11.6. The van der Waals surface area contributed by atoms with E-state index in [4.69, 9.17) is 9.15 Å². The average Bonchev–Trinajstić information content (AvgIpc) is 3.02. The molecule has 0 amide bonds. The molecule has 0 saturated heterocycles. The first-order valence-electron chi connectivity index (χ1n) is 8.81. The molecule has 1 aromatic heterocycles. The minimum atomic E-state index is -5.44. The van der Waals surface area contributed by atoms with Gasteiger partial charge in [0, 0.05) is 22.1 Å². The third kappa shape index (κ3) is 5.87. The van der Waals surface area contributed by atoms with Crippen LogP contribution < -0.4 is 78.2 Å². The van der Waals surface area contributed by atoms with Crippen molar-refractivity contribution < 1.29 is 102 Å². The summed E-state index contributed by atoms with van der Waals surface area (Å²) in [7, 11) is -3.98. The summed E-state index contributed by atoms with van der Waals surface area (Å²) >= 11 is 0. The molecule has 0 aliphatic rings. The van der Waals surface area contributed by atoms with E-state index in [0.717, 1.165) is 0 Å². The zero-order chi connectivity index (χ0) is 22.2. The number of hydrogen-bond acceptors (Lipinski definition) is 9. The number of furan rings is 1. The van der Waals surface area contributed by atoms with Gasteiger partial charge in [-0.1, -0.05) is 6.07 Å². The zero-order valence-corrected chi connectivity index (χ0v) is 23.3. The number of methoxy groups -OCH3 is 1. The van der Waals surface area contributed by atoms with Crippen molar-refractivity contribution in [2.45, 2.75) is 27.1 Å². The predicted molar refractivity (Wildman–Crippen MR) is 102 cm³/mol. The van der Waals surface area contributed by atoms with Gasteiger partial charge in [0.15, 0.2) is 17.1 Å². The van der Waals surface area contributed by atoms with Gasteiger partial charge in [0.05, 0.1) is 25.9 Å². The summed E-state index contributed by atoms with van der Waals surface area (Å²) in [4.78, 5) is 35.6. The number of carbonyl (C=O) groups is 1. The molecule has 0 atom stereocenters. The Hall–Kier alpha value is -0.680. The Morgan fingerprint density at radius 1 is 1.06 bits per heavy atom. The van der Waals surface area contributed by atoms with E-state index in [9.17, 15) is 29.4 Å². The van der Waals surface area contributed by atoms with E-state index < -0.39 is 26.0 Å². The second-order valence-electron chi connectivity index (χ2n) is 6.63. The van der Waals surface area contributed by atoms with E-state index in [2.05, 4.69) is 4.52 Å². The van der Waals surface area contributed by atoms with Crippen molar-refractivity contribution in [1.29, 1.82) is 0 Å². The maximum Gasteiger partial charge on any atom is 1.00 e. The molecule has 1 heterocycles. The van der Waals surface area contributed by atoms with Gasteiger partial charge in [-0.3, -0.25) is 4.79 Å². The van der Waals surface area contributed by atoms with E-state index in [-0.39, 0.29) is 99.1 Å². The number of benzene rings is 2. The van der Waals surface area contributed by atoms with Crippen molar-refractivity contribution in [3.63, 3.8) is 0 Å². The summed E-state index contributed by atoms with van der Waals surface area (Å²) in [5, 5.41) is 19.3. The number of hydrogen-bond donors (Lipinski definition) is 2. The van der Waals surface area contributed by atoms with Crippen molar-refractivity contribution in [3.05, 3.63) is 57.8 Å². The van der Waals surface area contributed by atoms with Gasteiger partial charge in [0.1, 0.15) is 19.3 Å². The third-order valence-electron chi connectivity index (χ3n) is 4.66. The summed E-state index contributed by atoms with van der Waals surface area (Å²) in [5.41, 5.74) is 1.35. The number of phosphoric acid groups is 1. The van der Waals surface area contributed by atoms with Crippen LogP contribution in [0.3, 0.4) is 0 Å². The van der Waals surface area contributed by atoms with Crippen molar-refractivity contribution in [2.24, 2.45) is 0 Å². The minimum Gasteiger partial charge on any atom is -0.780 e. The van der Waals surface area contributed by atoms with Gasteiger partial charge in [-0.2, -0.15) is 0 Å². The molecule has 12 heteroatoms. The first kappa shape index (κ1) is 29.4. The van der Waals surface area contributed by atoms with Gasteiger partial charge < -0.3 is 38.2 Å². The molecule has 0 aliphatic carbocycles. The summed E-state index contributed by atoms with van der Waals surface area (Å²) < 4.78 is 26.5. The maximum absolute atomic E-state index is 13.3. The Kier molecular flexibility index (Phi) is 10.7. The molecular formula is C20H19Na2O9P. The maximum atomic E-state index is 13.3. The normalized spacial score (nSPS) is 11.0. The van der Waals surface area contributed by atoms with Gasteiger partial charge in [0.25, 0.3) is 0 Å². The number of aliphatic hydroxyl groups is 2. The third-order valence-corrected chi connectivity index (χ3v) is 5.07. The van der Waals surface area contributed by atoms with Gasteiger partial charge in [-0.25, -0.2) is 0 Å². The van der Waals surface area contributed by atoms with Crippen molar-refractivity contribution in [3.8, 4) is 11.5 Å². The van der Waals surface area contributed by atoms with Crippen molar-refractivity contribution >= 4 is 24.6 Å². The molecule has 2 N–H and O–H groups in total. The number of fused-ring (bicyclic) bond motifs is 1. The Bertz CT molecular complexity index is 1180. The number of rotatable bonds is 7. The van der Waals surface area contributed by atoms with Gasteiger partial charge >= 0.3 is 59.1 Å². The first-order chi connectivity index (χ1) is 14.1. The number of aliphatic hydroxyl groups excluding tert-OH is 2. The first-order valence-corrected chi connectivity index (χ1v) is 10.3. The van der Waals surface area contributed by atoms with Crippen LogP contribution in [0.15, 0.2) is 28.7 Å². The van der Waals surface area contributed by atoms with Crippen molar-refractivity contribution in [2.75, 3.05) is 7.11 Å². The van der Waals surface area contributed by atoms with E-state index in [1.165, 1.54) is 32.2 Å².